The number of fused-ring (bicyclic) bond motifs is 7. The Morgan fingerprint density at radius 3 is 2.36 bits per heavy atom. The number of morpholine rings is 1. The van der Waals surface area contributed by atoms with Gasteiger partial charge in [0.15, 0.2) is 0 Å². The van der Waals surface area contributed by atoms with Gasteiger partial charge in [0, 0.05) is 19.1 Å². The molecule has 39 heavy (non-hydrogen) atoms. The van der Waals surface area contributed by atoms with Crippen LogP contribution >= 0.6 is 0 Å². The number of hydrogen-bond acceptors (Lipinski definition) is 4. The number of carbonyl (C=O) groups excluding carboxylic acids is 1. The Bertz CT molecular complexity index is 929. The van der Waals surface area contributed by atoms with Gasteiger partial charge in [-0.15, -0.1) is 0 Å². The molecular formula is C33H55N3O3. The Kier molecular flexibility index (Phi) is 6.83. The first-order valence-corrected chi connectivity index (χ1v) is 16.8. The van der Waals surface area contributed by atoms with Gasteiger partial charge in [-0.3, -0.25) is 5.43 Å². The molecule has 0 unspecified atom stereocenters. The summed E-state index contributed by atoms with van der Waals surface area (Å²) in [6, 6.07) is 0.286. The van der Waals surface area contributed by atoms with E-state index >= 15 is 0 Å². The van der Waals surface area contributed by atoms with Crippen molar-refractivity contribution in [1.82, 2.24) is 15.8 Å². The van der Waals surface area contributed by atoms with Gasteiger partial charge in [0.2, 0.25) is 0 Å². The van der Waals surface area contributed by atoms with Crippen molar-refractivity contribution in [3.8, 4) is 0 Å². The topological polar surface area (TPSA) is 62.8 Å². The van der Waals surface area contributed by atoms with Crippen LogP contribution < -0.4 is 10.7 Å². The van der Waals surface area contributed by atoms with Gasteiger partial charge >= 0.3 is 6.03 Å². The van der Waals surface area contributed by atoms with Crippen LogP contribution in [-0.4, -0.2) is 55.1 Å². The maximum Gasteiger partial charge on any atom is 0.329 e. The van der Waals surface area contributed by atoms with E-state index in [-0.39, 0.29) is 11.6 Å². The smallest absolute Gasteiger partial charge is 0.329 e. The fourth-order valence-corrected chi connectivity index (χ4v) is 12.0. The zero-order chi connectivity index (χ0) is 27.0. The summed E-state index contributed by atoms with van der Waals surface area (Å²) in [5.41, 5.74) is 4.16. The van der Waals surface area contributed by atoms with Crippen LogP contribution in [0.25, 0.3) is 0 Å². The molecule has 6 nitrogen and oxygen atoms in total. The molecule has 7 aliphatic rings. The molecule has 1 spiro atoms. The molecular weight excluding hydrogens is 486 g/mol. The van der Waals surface area contributed by atoms with E-state index in [1.807, 2.05) is 5.01 Å². The van der Waals surface area contributed by atoms with Gasteiger partial charge in [-0.1, -0.05) is 27.7 Å². The van der Waals surface area contributed by atoms with E-state index in [0.29, 0.717) is 36.2 Å². The minimum atomic E-state index is -0.0237. The summed E-state index contributed by atoms with van der Waals surface area (Å²) in [5.74, 6) is 5.70. The Hall–Kier alpha value is -0.850. The molecule has 5 saturated carbocycles. The second-order valence-electron chi connectivity index (χ2n) is 15.8. The summed E-state index contributed by atoms with van der Waals surface area (Å²) in [6.45, 7) is 13.3. The van der Waals surface area contributed by atoms with Crippen LogP contribution in [0.5, 0.6) is 0 Å². The molecule has 2 N–H and O–H groups in total. The molecule has 0 aromatic carbocycles. The molecule has 5 aliphatic carbocycles. The number of hydrogen-bond donors (Lipinski definition) is 2. The number of nitrogens with zero attached hydrogens (tertiary/aromatic N) is 1. The molecule has 0 radical (unpaired) electrons. The minimum Gasteiger partial charge on any atom is -0.379 e. The Morgan fingerprint density at radius 1 is 0.846 bits per heavy atom. The number of amides is 2. The van der Waals surface area contributed by atoms with Crippen molar-refractivity contribution in [2.45, 2.75) is 122 Å². The largest absolute Gasteiger partial charge is 0.379 e. The van der Waals surface area contributed by atoms with Crippen molar-refractivity contribution in [2.24, 2.45) is 52.3 Å². The zero-order valence-corrected chi connectivity index (χ0v) is 25.2. The van der Waals surface area contributed by atoms with Gasteiger partial charge in [0.05, 0.1) is 24.9 Å². The highest BCUT2D eigenvalue weighted by atomic mass is 16.5. The van der Waals surface area contributed by atoms with E-state index < -0.39 is 0 Å². The van der Waals surface area contributed by atoms with Gasteiger partial charge in [-0.25, -0.2) is 9.80 Å². The first-order valence-electron chi connectivity index (χ1n) is 16.8. The summed E-state index contributed by atoms with van der Waals surface area (Å²) in [4.78, 5) is 12.7. The van der Waals surface area contributed by atoms with Crippen molar-refractivity contribution < 1.29 is 14.3 Å². The molecule has 10 atom stereocenters. The van der Waals surface area contributed by atoms with Crippen molar-refractivity contribution in [1.29, 1.82) is 0 Å². The van der Waals surface area contributed by atoms with Crippen LogP contribution in [0.1, 0.15) is 105 Å². The second kappa shape index (κ2) is 9.87. The molecule has 2 heterocycles. The lowest BCUT2D eigenvalue weighted by molar-refractivity contribution is -0.128. The SMILES string of the molecule is C[C@H]1[C@H]2[C@H](C[C@H]3[C@@H]4CC[C@@H]5C[C@H](NC(=O)NN6CCOCC6)CC[C@]5(C)[C@H]4CC[C@]23C)O[C@]12CC[C@H](C)CC2. The molecule has 0 aromatic rings. The third kappa shape index (κ3) is 4.31. The van der Waals surface area contributed by atoms with Gasteiger partial charge in [0.25, 0.3) is 0 Å². The third-order valence-corrected chi connectivity index (χ3v) is 14.2. The first-order chi connectivity index (χ1) is 18.7. The number of urea groups is 1. The second-order valence-corrected chi connectivity index (χ2v) is 15.8. The fourth-order valence-electron chi connectivity index (χ4n) is 12.0. The summed E-state index contributed by atoms with van der Waals surface area (Å²) in [7, 11) is 0. The highest BCUT2D eigenvalue weighted by Crippen LogP contribution is 2.71. The van der Waals surface area contributed by atoms with E-state index in [9.17, 15) is 4.79 Å². The van der Waals surface area contributed by atoms with Crippen LogP contribution in [0, 0.1) is 52.3 Å². The van der Waals surface area contributed by atoms with E-state index in [2.05, 4.69) is 38.4 Å². The summed E-state index contributed by atoms with van der Waals surface area (Å²) < 4.78 is 12.6. The Labute approximate surface area is 237 Å². The number of rotatable bonds is 2. The van der Waals surface area contributed by atoms with Crippen LogP contribution in [0.4, 0.5) is 4.79 Å². The normalized spacial score (nSPS) is 53.4. The van der Waals surface area contributed by atoms with Crippen molar-refractivity contribution >= 4 is 6.03 Å². The zero-order valence-electron chi connectivity index (χ0n) is 25.2. The van der Waals surface area contributed by atoms with E-state index in [1.165, 1.54) is 64.2 Å². The maximum absolute atomic E-state index is 12.7. The Balaban J connectivity index is 1.00. The quantitative estimate of drug-likeness (QED) is 0.440. The fraction of sp³-hybridized carbons (Fsp3) is 0.970. The van der Waals surface area contributed by atoms with Gasteiger partial charge in [0.1, 0.15) is 0 Å². The highest BCUT2D eigenvalue weighted by Gasteiger charge is 2.68. The van der Waals surface area contributed by atoms with Crippen LogP contribution in [0.15, 0.2) is 0 Å². The molecule has 7 fully saturated rings. The lowest BCUT2D eigenvalue weighted by Crippen LogP contribution is -2.57. The molecule has 2 amide bonds. The van der Waals surface area contributed by atoms with Gasteiger partial charge < -0.3 is 14.8 Å². The summed E-state index contributed by atoms with van der Waals surface area (Å²) >= 11 is 0. The molecule has 2 aliphatic heterocycles. The lowest BCUT2D eigenvalue weighted by atomic mass is 9.44. The maximum atomic E-state index is 12.7. The number of carbonyl (C=O) groups is 1. The monoisotopic (exact) mass is 541 g/mol. The lowest BCUT2D eigenvalue weighted by Gasteiger charge is -2.61. The number of hydrazine groups is 1. The molecule has 6 heteroatoms. The number of ether oxygens (including phenoxy) is 2. The molecule has 2 saturated heterocycles. The predicted octanol–water partition coefficient (Wildman–Crippen LogP) is 6.15. The standard InChI is InChI=1S/C33H55N3O3/c1-21-7-13-33(14-8-21)22(2)29-28(39-33)20-27-25-6-5-23-19-24(34-30(37)35-36-15-17-38-18-16-36)9-11-31(23,3)26(25)10-12-32(27,29)4/h21-29H,5-20H2,1-4H3,(H2,34,35,37)/t21-,22-,23+,24+,25+,26-,27-,28-,29-,31-,32-,33-/m0/s1. The molecule has 7 rings (SSSR count). The van der Waals surface area contributed by atoms with Gasteiger partial charge in [-0.2, -0.15) is 0 Å². The average molecular weight is 542 g/mol. The molecule has 220 valence electrons. The van der Waals surface area contributed by atoms with Crippen LogP contribution in [0.2, 0.25) is 0 Å². The molecule has 0 aromatic heterocycles. The third-order valence-electron chi connectivity index (χ3n) is 14.2. The van der Waals surface area contributed by atoms with Gasteiger partial charge in [-0.05, 0) is 129 Å². The van der Waals surface area contributed by atoms with E-state index in [1.54, 1.807) is 0 Å². The van der Waals surface area contributed by atoms with Crippen molar-refractivity contribution in [2.75, 3.05) is 26.3 Å². The molecule has 0 bridgehead atoms. The highest BCUT2D eigenvalue weighted by molar-refractivity contribution is 5.73. The number of nitrogens with one attached hydrogen (secondary N) is 2. The van der Waals surface area contributed by atoms with Crippen molar-refractivity contribution in [3.63, 3.8) is 0 Å². The first kappa shape index (κ1) is 27.0. The van der Waals surface area contributed by atoms with Crippen LogP contribution in [-0.2, 0) is 9.47 Å². The summed E-state index contributed by atoms with van der Waals surface area (Å²) in [5, 5.41) is 5.34. The van der Waals surface area contributed by atoms with Crippen LogP contribution in [0.3, 0.4) is 0 Å². The van der Waals surface area contributed by atoms with E-state index in [0.717, 1.165) is 67.4 Å². The average Bonchev–Trinajstić information content (AvgIpc) is 3.36. The predicted molar refractivity (Wildman–Crippen MR) is 153 cm³/mol. The Morgan fingerprint density at radius 2 is 1.59 bits per heavy atom. The van der Waals surface area contributed by atoms with Crippen molar-refractivity contribution in [3.05, 3.63) is 0 Å². The summed E-state index contributed by atoms with van der Waals surface area (Å²) in [6.07, 6.45) is 16.3. The van der Waals surface area contributed by atoms with E-state index in [4.69, 9.17) is 9.47 Å². The minimum absolute atomic E-state index is 0.0237.